The lowest BCUT2D eigenvalue weighted by molar-refractivity contribution is -0.0206. The number of primary amides is 1. The van der Waals surface area contributed by atoms with Gasteiger partial charge >= 0.3 is 12.0 Å². The zero-order chi connectivity index (χ0) is 15.2. The van der Waals surface area contributed by atoms with Crippen LogP contribution in [0.2, 0.25) is 0 Å². The van der Waals surface area contributed by atoms with Crippen molar-refractivity contribution in [2.24, 2.45) is 5.73 Å². The van der Waals surface area contributed by atoms with Gasteiger partial charge in [0.05, 0.1) is 11.7 Å². The molecule has 1 aromatic rings. The van der Waals surface area contributed by atoms with Gasteiger partial charge in [0.1, 0.15) is 6.10 Å². The Bertz CT molecular complexity index is 501. The molecule has 114 valence electrons. The van der Waals surface area contributed by atoms with E-state index in [9.17, 15) is 9.59 Å². The number of nitrogens with two attached hydrogens (primary N) is 1. The minimum Gasteiger partial charge on any atom is -0.456 e. The Labute approximate surface area is 123 Å². The maximum Gasteiger partial charge on any atom is 0.338 e. The number of amides is 2. The Balaban J connectivity index is 1.92. The maximum absolute atomic E-state index is 12.1. The van der Waals surface area contributed by atoms with Crippen LogP contribution in [0.5, 0.6) is 0 Å². The number of hydrogen-bond acceptors (Lipinski definition) is 4. The third-order valence-electron chi connectivity index (χ3n) is 3.61. The summed E-state index contributed by atoms with van der Waals surface area (Å²) in [6.45, 7) is 0.332. The largest absolute Gasteiger partial charge is 0.456 e. The summed E-state index contributed by atoms with van der Waals surface area (Å²) in [5, 5.41) is 2.49. The SMILES string of the molecule is CO[C@@H]1CCC[C@@H]1OC(=O)c1ccc(CNC(N)=O)cc1. The quantitative estimate of drug-likeness (QED) is 0.806. The predicted octanol–water partition coefficient (Wildman–Crippen LogP) is 1.58. The number of carbonyl (C=O) groups is 2. The molecule has 0 saturated heterocycles. The lowest BCUT2D eigenvalue weighted by Crippen LogP contribution is -2.28. The molecule has 3 N–H and O–H groups in total. The summed E-state index contributed by atoms with van der Waals surface area (Å²) < 4.78 is 10.8. The molecule has 6 heteroatoms. The molecule has 1 aromatic carbocycles. The van der Waals surface area contributed by atoms with Gasteiger partial charge in [0.15, 0.2) is 0 Å². The number of nitrogens with one attached hydrogen (secondary N) is 1. The number of rotatable bonds is 5. The molecular weight excluding hydrogens is 272 g/mol. The van der Waals surface area contributed by atoms with Crippen LogP contribution in [0, 0.1) is 0 Å². The second kappa shape index (κ2) is 7.08. The normalized spacial score (nSPS) is 21.0. The third kappa shape index (κ3) is 4.19. The second-order valence-electron chi connectivity index (χ2n) is 5.06. The van der Waals surface area contributed by atoms with Gasteiger partial charge in [-0.2, -0.15) is 0 Å². The first-order valence-corrected chi connectivity index (χ1v) is 6.96. The van der Waals surface area contributed by atoms with Crippen LogP contribution in [0.15, 0.2) is 24.3 Å². The van der Waals surface area contributed by atoms with Crippen molar-refractivity contribution < 1.29 is 19.1 Å². The van der Waals surface area contributed by atoms with Crippen molar-refractivity contribution >= 4 is 12.0 Å². The van der Waals surface area contributed by atoms with Crippen LogP contribution in [-0.4, -0.2) is 31.3 Å². The number of benzene rings is 1. The molecular formula is C15H20N2O4. The van der Waals surface area contributed by atoms with E-state index in [1.165, 1.54) is 0 Å². The predicted molar refractivity (Wildman–Crippen MR) is 76.7 cm³/mol. The molecule has 21 heavy (non-hydrogen) atoms. The monoisotopic (exact) mass is 292 g/mol. The minimum absolute atomic E-state index is 0.00649. The standard InChI is InChI=1S/C15H20N2O4/c1-20-12-3-2-4-13(12)21-14(18)11-7-5-10(6-8-11)9-17-15(16)19/h5-8,12-13H,2-4,9H2,1H3,(H3,16,17,19)/t12-,13+/m1/s1. The van der Waals surface area contributed by atoms with Gasteiger partial charge in [-0.3, -0.25) is 0 Å². The first-order valence-electron chi connectivity index (χ1n) is 6.96. The summed E-state index contributed by atoms with van der Waals surface area (Å²) >= 11 is 0. The van der Waals surface area contributed by atoms with Crippen molar-refractivity contribution in [3.63, 3.8) is 0 Å². The summed E-state index contributed by atoms with van der Waals surface area (Å²) in [5.74, 6) is -0.349. The Morgan fingerprint density at radius 1 is 1.24 bits per heavy atom. The Morgan fingerprint density at radius 2 is 1.90 bits per heavy atom. The summed E-state index contributed by atoms with van der Waals surface area (Å²) in [4.78, 5) is 22.7. The van der Waals surface area contributed by atoms with Crippen LogP contribution in [0.4, 0.5) is 4.79 Å². The molecule has 2 rings (SSSR count). The van der Waals surface area contributed by atoms with Gasteiger partial charge in [-0.05, 0) is 37.0 Å². The van der Waals surface area contributed by atoms with Gasteiger partial charge in [-0.15, -0.1) is 0 Å². The van der Waals surface area contributed by atoms with Crippen molar-refractivity contribution in [1.29, 1.82) is 0 Å². The van der Waals surface area contributed by atoms with E-state index in [1.54, 1.807) is 31.4 Å². The molecule has 0 spiro atoms. The Morgan fingerprint density at radius 3 is 2.52 bits per heavy atom. The van der Waals surface area contributed by atoms with E-state index in [1.807, 2.05) is 0 Å². The smallest absolute Gasteiger partial charge is 0.338 e. The van der Waals surface area contributed by atoms with Crippen LogP contribution in [0.1, 0.15) is 35.2 Å². The number of esters is 1. The summed E-state index contributed by atoms with van der Waals surface area (Å²) in [6.07, 6.45) is 2.59. The van der Waals surface area contributed by atoms with Gasteiger partial charge in [0.2, 0.25) is 0 Å². The molecule has 2 amide bonds. The average Bonchev–Trinajstić information content (AvgIpc) is 2.92. The highest BCUT2D eigenvalue weighted by molar-refractivity contribution is 5.89. The highest BCUT2D eigenvalue weighted by atomic mass is 16.6. The molecule has 1 aliphatic carbocycles. The molecule has 0 bridgehead atoms. The molecule has 1 saturated carbocycles. The van der Waals surface area contributed by atoms with Gasteiger partial charge in [0.25, 0.3) is 0 Å². The third-order valence-corrected chi connectivity index (χ3v) is 3.61. The first kappa shape index (κ1) is 15.3. The van der Waals surface area contributed by atoms with Gasteiger partial charge in [-0.25, -0.2) is 9.59 Å². The zero-order valence-corrected chi connectivity index (χ0v) is 12.0. The fraction of sp³-hybridized carbons (Fsp3) is 0.467. The molecule has 1 aliphatic rings. The molecule has 0 radical (unpaired) electrons. The highest BCUT2D eigenvalue weighted by Gasteiger charge is 2.30. The summed E-state index contributed by atoms with van der Waals surface area (Å²) in [5.41, 5.74) is 6.35. The topological polar surface area (TPSA) is 90.7 Å². The van der Waals surface area contributed by atoms with Gasteiger partial charge in [0, 0.05) is 13.7 Å². The minimum atomic E-state index is -0.578. The van der Waals surface area contributed by atoms with Crippen LogP contribution < -0.4 is 11.1 Å². The lowest BCUT2D eigenvalue weighted by Gasteiger charge is -2.18. The van der Waals surface area contributed by atoms with Crippen molar-refractivity contribution in [2.75, 3.05) is 7.11 Å². The van der Waals surface area contributed by atoms with E-state index in [0.717, 1.165) is 24.8 Å². The first-order chi connectivity index (χ1) is 10.1. The molecule has 0 aliphatic heterocycles. The number of carbonyl (C=O) groups excluding carboxylic acids is 2. The second-order valence-corrected chi connectivity index (χ2v) is 5.06. The number of hydrogen-bond donors (Lipinski definition) is 2. The van der Waals surface area contributed by atoms with Crippen LogP contribution in [-0.2, 0) is 16.0 Å². The van der Waals surface area contributed by atoms with Crippen LogP contribution >= 0.6 is 0 Å². The van der Waals surface area contributed by atoms with E-state index < -0.39 is 6.03 Å². The van der Waals surface area contributed by atoms with Crippen molar-refractivity contribution in [1.82, 2.24) is 5.32 Å². The molecule has 0 aromatic heterocycles. The van der Waals surface area contributed by atoms with E-state index in [0.29, 0.717) is 12.1 Å². The molecule has 1 fully saturated rings. The highest BCUT2D eigenvalue weighted by Crippen LogP contribution is 2.25. The van der Waals surface area contributed by atoms with E-state index in [4.69, 9.17) is 15.2 Å². The van der Waals surface area contributed by atoms with Crippen LogP contribution in [0.3, 0.4) is 0 Å². The number of methoxy groups -OCH3 is 1. The summed E-state index contributed by atoms with van der Waals surface area (Å²) in [6, 6.07) is 6.29. The Hall–Kier alpha value is -2.08. The zero-order valence-electron chi connectivity index (χ0n) is 12.0. The molecule has 0 unspecified atom stereocenters. The lowest BCUT2D eigenvalue weighted by atomic mass is 10.1. The Kier molecular flexibility index (Phi) is 5.16. The van der Waals surface area contributed by atoms with Crippen molar-refractivity contribution in [2.45, 2.75) is 38.0 Å². The van der Waals surface area contributed by atoms with Crippen LogP contribution in [0.25, 0.3) is 0 Å². The van der Waals surface area contributed by atoms with Gasteiger partial charge < -0.3 is 20.5 Å². The average molecular weight is 292 g/mol. The molecule has 2 atom stereocenters. The maximum atomic E-state index is 12.1. The fourth-order valence-electron chi connectivity index (χ4n) is 2.45. The number of urea groups is 1. The van der Waals surface area contributed by atoms with E-state index >= 15 is 0 Å². The van der Waals surface area contributed by atoms with E-state index in [-0.39, 0.29) is 18.2 Å². The summed E-state index contributed by atoms with van der Waals surface area (Å²) in [7, 11) is 1.64. The van der Waals surface area contributed by atoms with Crippen molar-refractivity contribution in [3.8, 4) is 0 Å². The molecule has 6 nitrogen and oxygen atoms in total. The van der Waals surface area contributed by atoms with E-state index in [2.05, 4.69) is 5.32 Å². The van der Waals surface area contributed by atoms with Crippen molar-refractivity contribution in [3.05, 3.63) is 35.4 Å². The fourth-order valence-corrected chi connectivity index (χ4v) is 2.45. The van der Waals surface area contributed by atoms with Gasteiger partial charge in [-0.1, -0.05) is 12.1 Å². The molecule has 0 heterocycles. The number of ether oxygens (including phenoxy) is 2.